The van der Waals surface area contributed by atoms with Crippen LogP contribution >= 0.6 is 23.2 Å². The first-order chi connectivity index (χ1) is 7.56. The van der Waals surface area contributed by atoms with Crippen molar-refractivity contribution in [2.75, 3.05) is 0 Å². The molecule has 0 aliphatic rings. The Morgan fingerprint density at radius 3 is 2.31 bits per heavy atom. The van der Waals surface area contributed by atoms with Gasteiger partial charge in [0.1, 0.15) is 11.6 Å². The van der Waals surface area contributed by atoms with Crippen LogP contribution in [0.1, 0.15) is 0 Å². The first-order valence-corrected chi connectivity index (χ1v) is 5.27. The van der Waals surface area contributed by atoms with Gasteiger partial charge >= 0.3 is 0 Å². The first kappa shape index (κ1) is 11.2. The van der Waals surface area contributed by atoms with Crippen molar-refractivity contribution in [2.45, 2.75) is 0 Å². The molecule has 0 aliphatic carbocycles. The summed E-state index contributed by atoms with van der Waals surface area (Å²) < 4.78 is 13.0. The van der Waals surface area contributed by atoms with Crippen molar-refractivity contribution in [3.8, 4) is 16.9 Å². The summed E-state index contributed by atoms with van der Waals surface area (Å²) in [5, 5.41) is 9.84. The average molecular weight is 257 g/mol. The van der Waals surface area contributed by atoms with Gasteiger partial charge in [-0.15, -0.1) is 0 Å². The maximum Gasteiger partial charge on any atom is 0.141 e. The molecule has 2 aromatic carbocycles. The van der Waals surface area contributed by atoms with Gasteiger partial charge in [0.15, 0.2) is 0 Å². The molecule has 1 N–H and O–H groups in total. The molecule has 0 spiro atoms. The van der Waals surface area contributed by atoms with E-state index in [0.29, 0.717) is 16.1 Å². The molecular weight excluding hydrogens is 250 g/mol. The molecule has 0 saturated carbocycles. The fraction of sp³-hybridized carbons (Fsp3) is 0. The van der Waals surface area contributed by atoms with Crippen LogP contribution < -0.4 is 0 Å². The predicted molar refractivity (Wildman–Crippen MR) is 63.5 cm³/mol. The standard InChI is InChI=1S/C12H7Cl2FO/c13-9-3-8(4-10(16)6-9)7-1-2-12(15)11(14)5-7/h1-6,16H. The minimum atomic E-state index is -0.475. The lowest BCUT2D eigenvalue weighted by molar-refractivity contribution is 0.475. The molecule has 0 amide bonds. The summed E-state index contributed by atoms with van der Waals surface area (Å²) in [6.45, 7) is 0. The molecule has 1 nitrogen and oxygen atoms in total. The van der Waals surface area contributed by atoms with Crippen LogP contribution in [0.15, 0.2) is 36.4 Å². The van der Waals surface area contributed by atoms with Crippen molar-refractivity contribution >= 4 is 23.2 Å². The lowest BCUT2D eigenvalue weighted by atomic mass is 10.1. The Balaban J connectivity index is 2.54. The van der Waals surface area contributed by atoms with Gasteiger partial charge in [-0.05, 0) is 41.5 Å². The molecule has 0 radical (unpaired) electrons. The number of benzene rings is 2. The molecule has 0 unspecified atom stereocenters. The van der Waals surface area contributed by atoms with Gasteiger partial charge in [-0.2, -0.15) is 0 Å². The van der Waals surface area contributed by atoms with E-state index in [2.05, 4.69) is 0 Å². The summed E-state index contributed by atoms with van der Waals surface area (Å²) in [6, 6.07) is 8.97. The van der Waals surface area contributed by atoms with Crippen molar-refractivity contribution in [1.82, 2.24) is 0 Å². The summed E-state index contributed by atoms with van der Waals surface area (Å²) in [7, 11) is 0. The summed E-state index contributed by atoms with van der Waals surface area (Å²) in [6.07, 6.45) is 0. The largest absolute Gasteiger partial charge is 0.508 e. The SMILES string of the molecule is Oc1cc(Cl)cc(-c2ccc(F)c(Cl)c2)c1. The second kappa shape index (κ2) is 4.32. The zero-order valence-corrected chi connectivity index (χ0v) is 9.56. The summed E-state index contributed by atoms with van der Waals surface area (Å²) >= 11 is 11.5. The van der Waals surface area contributed by atoms with E-state index in [1.807, 2.05) is 0 Å². The Morgan fingerprint density at radius 2 is 1.69 bits per heavy atom. The Labute approximate surface area is 102 Å². The molecule has 0 fully saturated rings. The second-order valence-corrected chi connectivity index (χ2v) is 4.17. The lowest BCUT2D eigenvalue weighted by Gasteiger charge is -2.04. The molecule has 0 aromatic heterocycles. The predicted octanol–water partition coefficient (Wildman–Crippen LogP) is 4.51. The fourth-order valence-electron chi connectivity index (χ4n) is 1.42. The van der Waals surface area contributed by atoms with E-state index >= 15 is 0 Å². The van der Waals surface area contributed by atoms with Gasteiger partial charge in [0.25, 0.3) is 0 Å². The van der Waals surface area contributed by atoms with Gasteiger partial charge in [-0.3, -0.25) is 0 Å². The van der Waals surface area contributed by atoms with E-state index in [1.54, 1.807) is 12.1 Å². The van der Waals surface area contributed by atoms with Gasteiger partial charge in [0.05, 0.1) is 5.02 Å². The van der Waals surface area contributed by atoms with E-state index in [0.717, 1.165) is 0 Å². The minimum absolute atomic E-state index is 0.0389. The average Bonchev–Trinajstić information content (AvgIpc) is 2.20. The van der Waals surface area contributed by atoms with Crippen molar-refractivity contribution in [3.05, 3.63) is 52.3 Å². The Kier molecular flexibility index (Phi) is 3.03. The number of aromatic hydroxyl groups is 1. The molecule has 2 rings (SSSR count). The molecule has 16 heavy (non-hydrogen) atoms. The third kappa shape index (κ3) is 2.29. The summed E-state index contributed by atoms with van der Waals surface area (Å²) in [4.78, 5) is 0. The zero-order chi connectivity index (χ0) is 11.7. The number of phenols is 1. The Bertz CT molecular complexity index is 520. The monoisotopic (exact) mass is 256 g/mol. The second-order valence-electron chi connectivity index (χ2n) is 3.33. The van der Waals surface area contributed by atoms with Crippen LogP contribution in [0.2, 0.25) is 10.0 Å². The van der Waals surface area contributed by atoms with Crippen molar-refractivity contribution in [2.24, 2.45) is 0 Å². The number of halogens is 3. The van der Waals surface area contributed by atoms with Crippen LogP contribution in [-0.2, 0) is 0 Å². The molecule has 2 aromatic rings. The van der Waals surface area contributed by atoms with Crippen LogP contribution in [0, 0.1) is 5.82 Å². The molecule has 0 aliphatic heterocycles. The molecule has 0 atom stereocenters. The van der Waals surface area contributed by atoms with E-state index in [-0.39, 0.29) is 10.8 Å². The van der Waals surface area contributed by atoms with E-state index in [4.69, 9.17) is 23.2 Å². The number of hydrogen-bond acceptors (Lipinski definition) is 1. The third-order valence-corrected chi connectivity index (χ3v) is 2.64. The van der Waals surface area contributed by atoms with Crippen LogP contribution in [0.4, 0.5) is 4.39 Å². The quantitative estimate of drug-likeness (QED) is 0.797. The number of phenolic OH excluding ortho intramolecular Hbond substituents is 1. The highest BCUT2D eigenvalue weighted by Crippen LogP contribution is 2.30. The normalized spacial score (nSPS) is 10.4. The first-order valence-electron chi connectivity index (χ1n) is 4.51. The molecule has 0 saturated heterocycles. The molecular formula is C12H7Cl2FO. The number of rotatable bonds is 1. The van der Waals surface area contributed by atoms with E-state index < -0.39 is 5.82 Å². The topological polar surface area (TPSA) is 20.2 Å². The van der Waals surface area contributed by atoms with Gasteiger partial charge in [-0.25, -0.2) is 4.39 Å². The van der Waals surface area contributed by atoms with Crippen LogP contribution in [-0.4, -0.2) is 5.11 Å². The van der Waals surface area contributed by atoms with Crippen molar-refractivity contribution in [3.63, 3.8) is 0 Å². The Hall–Kier alpha value is -1.25. The highest BCUT2D eigenvalue weighted by molar-refractivity contribution is 6.31. The maximum absolute atomic E-state index is 13.0. The van der Waals surface area contributed by atoms with Gasteiger partial charge < -0.3 is 5.11 Å². The summed E-state index contributed by atoms with van der Waals surface area (Å²) in [5.74, 6) is -0.417. The zero-order valence-electron chi connectivity index (χ0n) is 8.05. The van der Waals surface area contributed by atoms with Crippen molar-refractivity contribution in [1.29, 1.82) is 0 Å². The van der Waals surface area contributed by atoms with Crippen molar-refractivity contribution < 1.29 is 9.50 Å². The molecule has 0 bridgehead atoms. The fourth-order valence-corrected chi connectivity index (χ4v) is 1.83. The maximum atomic E-state index is 13.0. The van der Waals surface area contributed by atoms with E-state index in [9.17, 15) is 9.50 Å². The number of hydrogen-bond donors (Lipinski definition) is 1. The lowest BCUT2D eigenvalue weighted by Crippen LogP contribution is -1.81. The van der Waals surface area contributed by atoms with Gasteiger partial charge in [-0.1, -0.05) is 29.3 Å². The Morgan fingerprint density at radius 1 is 0.938 bits per heavy atom. The van der Waals surface area contributed by atoms with Gasteiger partial charge in [0, 0.05) is 5.02 Å². The van der Waals surface area contributed by atoms with Crippen LogP contribution in [0.25, 0.3) is 11.1 Å². The van der Waals surface area contributed by atoms with Crippen LogP contribution in [0.3, 0.4) is 0 Å². The molecule has 4 heteroatoms. The smallest absolute Gasteiger partial charge is 0.141 e. The van der Waals surface area contributed by atoms with Gasteiger partial charge in [0.2, 0.25) is 0 Å². The summed E-state index contributed by atoms with van der Waals surface area (Å²) in [5.41, 5.74) is 1.39. The third-order valence-electron chi connectivity index (χ3n) is 2.14. The highest BCUT2D eigenvalue weighted by Gasteiger charge is 2.05. The van der Waals surface area contributed by atoms with E-state index in [1.165, 1.54) is 24.3 Å². The minimum Gasteiger partial charge on any atom is -0.508 e. The van der Waals surface area contributed by atoms with Crippen LogP contribution in [0.5, 0.6) is 5.75 Å². The highest BCUT2D eigenvalue weighted by atomic mass is 35.5. The molecule has 0 heterocycles. The molecule has 82 valence electrons.